The van der Waals surface area contributed by atoms with Crippen LogP contribution in [-0.2, 0) is 0 Å². The summed E-state index contributed by atoms with van der Waals surface area (Å²) in [5.74, 6) is 1.69. The second-order valence-corrected chi connectivity index (χ2v) is 6.54. The van der Waals surface area contributed by atoms with E-state index in [1.165, 1.54) is 0 Å². The smallest absolute Gasteiger partial charge is 0.203 e. The molecule has 0 atom stereocenters. The first-order chi connectivity index (χ1) is 14.7. The van der Waals surface area contributed by atoms with E-state index in [2.05, 4.69) is 21.4 Å². The Labute approximate surface area is 173 Å². The molecule has 0 aliphatic rings. The first-order valence-electron chi connectivity index (χ1n) is 9.22. The molecule has 7 nitrogen and oxygen atoms in total. The van der Waals surface area contributed by atoms with E-state index in [4.69, 9.17) is 19.5 Å². The van der Waals surface area contributed by atoms with Crippen LogP contribution in [0, 0.1) is 11.3 Å². The van der Waals surface area contributed by atoms with Gasteiger partial charge in [0.2, 0.25) is 5.75 Å². The van der Waals surface area contributed by atoms with Gasteiger partial charge in [-0.05, 0) is 42.5 Å². The Morgan fingerprint density at radius 1 is 0.967 bits per heavy atom. The molecule has 30 heavy (non-hydrogen) atoms. The molecule has 7 heteroatoms. The Morgan fingerprint density at radius 2 is 1.73 bits per heavy atom. The fraction of sp³-hybridized carbons (Fsp3) is 0.130. The summed E-state index contributed by atoms with van der Waals surface area (Å²) in [7, 11) is 4.75. The summed E-state index contributed by atoms with van der Waals surface area (Å²) in [5, 5.41) is 13.4. The molecule has 150 valence electrons. The number of aromatic amines is 1. The van der Waals surface area contributed by atoms with Crippen molar-refractivity contribution >= 4 is 22.4 Å². The van der Waals surface area contributed by atoms with Crippen LogP contribution in [0.2, 0.25) is 0 Å². The number of aromatic nitrogens is 2. The number of hydrogen-bond donors (Lipinski definition) is 2. The number of fused-ring (bicyclic) bond motifs is 1. The maximum absolute atomic E-state index is 9.13. The fourth-order valence-electron chi connectivity index (χ4n) is 3.35. The molecular weight excluding hydrogens is 380 g/mol. The predicted molar refractivity (Wildman–Crippen MR) is 116 cm³/mol. The first-order valence-corrected chi connectivity index (χ1v) is 9.22. The molecule has 2 heterocycles. The van der Waals surface area contributed by atoms with Crippen molar-refractivity contribution in [3.8, 4) is 34.6 Å². The number of nitrogens with one attached hydrogen (secondary N) is 2. The lowest BCUT2D eigenvalue weighted by molar-refractivity contribution is 0.324. The van der Waals surface area contributed by atoms with Crippen molar-refractivity contribution in [2.24, 2.45) is 0 Å². The summed E-state index contributed by atoms with van der Waals surface area (Å²) in [6, 6.07) is 17.2. The van der Waals surface area contributed by atoms with Crippen LogP contribution < -0.4 is 19.5 Å². The van der Waals surface area contributed by atoms with E-state index in [1.807, 2.05) is 36.4 Å². The summed E-state index contributed by atoms with van der Waals surface area (Å²) in [5.41, 5.74) is 4.77. The molecule has 0 fully saturated rings. The molecule has 0 amide bonds. The monoisotopic (exact) mass is 400 g/mol. The predicted octanol–water partition coefficient (Wildman–Crippen LogP) is 4.87. The molecule has 0 aliphatic heterocycles. The second-order valence-electron chi connectivity index (χ2n) is 6.54. The van der Waals surface area contributed by atoms with Gasteiger partial charge >= 0.3 is 0 Å². The Balaban J connectivity index is 1.78. The highest BCUT2D eigenvalue weighted by atomic mass is 16.5. The van der Waals surface area contributed by atoms with Crippen molar-refractivity contribution < 1.29 is 14.2 Å². The maximum Gasteiger partial charge on any atom is 0.203 e. The van der Waals surface area contributed by atoms with Crippen LogP contribution in [0.15, 0.2) is 54.7 Å². The minimum atomic E-state index is 0.540. The number of hydrogen-bond acceptors (Lipinski definition) is 6. The van der Waals surface area contributed by atoms with Gasteiger partial charge < -0.3 is 24.5 Å². The van der Waals surface area contributed by atoms with Crippen LogP contribution in [0.3, 0.4) is 0 Å². The third-order valence-electron chi connectivity index (χ3n) is 4.78. The molecule has 4 aromatic rings. The maximum atomic E-state index is 9.13. The van der Waals surface area contributed by atoms with Crippen molar-refractivity contribution in [3.05, 3.63) is 60.3 Å². The Bertz CT molecular complexity index is 1230. The van der Waals surface area contributed by atoms with Gasteiger partial charge in [-0.2, -0.15) is 5.26 Å². The zero-order chi connectivity index (χ0) is 21.1. The van der Waals surface area contributed by atoms with Gasteiger partial charge in [0, 0.05) is 28.5 Å². The third-order valence-corrected chi connectivity index (χ3v) is 4.78. The molecule has 0 unspecified atom stereocenters. The molecule has 2 aromatic heterocycles. The lowest BCUT2D eigenvalue weighted by Crippen LogP contribution is -1.95. The fourth-order valence-corrected chi connectivity index (χ4v) is 3.35. The highest BCUT2D eigenvalue weighted by molar-refractivity contribution is 5.95. The summed E-state index contributed by atoms with van der Waals surface area (Å²) in [6.45, 7) is 0. The van der Waals surface area contributed by atoms with Gasteiger partial charge in [0.25, 0.3) is 0 Å². The summed E-state index contributed by atoms with van der Waals surface area (Å²) in [4.78, 5) is 7.79. The number of nitrogens with zero attached hydrogens (tertiary/aromatic N) is 2. The number of pyridine rings is 1. The molecule has 0 bridgehead atoms. The number of methoxy groups -OCH3 is 3. The lowest BCUT2D eigenvalue weighted by Gasteiger charge is -2.13. The first kappa shape index (κ1) is 19.2. The van der Waals surface area contributed by atoms with Crippen molar-refractivity contribution in [2.75, 3.05) is 26.6 Å². The van der Waals surface area contributed by atoms with Gasteiger partial charge in [-0.25, -0.2) is 4.98 Å². The summed E-state index contributed by atoms with van der Waals surface area (Å²) in [6.07, 6.45) is 1.73. The van der Waals surface area contributed by atoms with Crippen LogP contribution in [-0.4, -0.2) is 31.3 Å². The number of ether oxygens (including phenoxy) is 3. The minimum absolute atomic E-state index is 0.540. The molecule has 0 radical (unpaired) electrons. The number of nitriles is 1. The number of H-pyrrole nitrogens is 1. The highest BCUT2D eigenvalue weighted by Crippen LogP contribution is 2.41. The van der Waals surface area contributed by atoms with E-state index in [0.29, 0.717) is 22.8 Å². The van der Waals surface area contributed by atoms with Gasteiger partial charge in [0.05, 0.1) is 38.6 Å². The van der Waals surface area contributed by atoms with Gasteiger partial charge in [-0.15, -0.1) is 0 Å². The number of benzene rings is 2. The molecular formula is C23H20N4O3. The molecule has 2 aromatic carbocycles. The van der Waals surface area contributed by atoms with Gasteiger partial charge in [-0.3, -0.25) is 0 Å². The van der Waals surface area contributed by atoms with Crippen molar-refractivity contribution in [1.82, 2.24) is 9.97 Å². The van der Waals surface area contributed by atoms with Gasteiger partial charge in [0.15, 0.2) is 11.5 Å². The van der Waals surface area contributed by atoms with E-state index in [0.717, 1.165) is 33.7 Å². The van der Waals surface area contributed by atoms with Crippen LogP contribution in [0.25, 0.3) is 22.3 Å². The average Bonchev–Trinajstić information content (AvgIpc) is 3.23. The number of rotatable bonds is 6. The highest BCUT2D eigenvalue weighted by Gasteiger charge is 2.16. The van der Waals surface area contributed by atoms with Gasteiger partial charge in [-0.1, -0.05) is 6.07 Å². The quantitative estimate of drug-likeness (QED) is 0.480. The van der Waals surface area contributed by atoms with Crippen LogP contribution in [0.5, 0.6) is 17.2 Å². The van der Waals surface area contributed by atoms with Crippen LogP contribution in [0.4, 0.5) is 11.4 Å². The Morgan fingerprint density at radius 3 is 2.40 bits per heavy atom. The summed E-state index contributed by atoms with van der Waals surface area (Å²) < 4.78 is 16.3. The molecule has 0 aliphatic carbocycles. The van der Waals surface area contributed by atoms with Crippen molar-refractivity contribution in [2.45, 2.75) is 0 Å². The summed E-state index contributed by atoms with van der Waals surface area (Å²) >= 11 is 0. The average molecular weight is 400 g/mol. The Kier molecular flexibility index (Phi) is 5.14. The van der Waals surface area contributed by atoms with Crippen LogP contribution in [0.1, 0.15) is 5.56 Å². The molecule has 0 saturated carbocycles. The number of anilines is 2. The zero-order valence-corrected chi connectivity index (χ0v) is 16.8. The molecule has 4 rings (SSSR count). The zero-order valence-electron chi connectivity index (χ0n) is 16.8. The SMILES string of the molecule is COc1cc(-c2cc3c(Nc4cccc(C#N)c4)ccnc3[nH]2)cc(OC)c1OC. The largest absolute Gasteiger partial charge is 0.493 e. The van der Waals surface area contributed by atoms with E-state index >= 15 is 0 Å². The van der Waals surface area contributed by atoms with Gasteiger partial charge in [0.1, 0.15) is 5.65 Å². The molecule has 0 saturated heterocycles. The van der Waals surface area contributed by atoms with Crippen molar-refractivity contribution in [3.63, 3.8) is 0 Å². The third kappa shape index (κ3) is 3.47. The van der Waals surface area contributed by atoms with E-state index in [1.54, 1.807) is 39.7 Å². The van der Waals surface area contributed by atoms with Crippen molar-refractivity contribution in [1.29, 1.82) is 5.26 Å². The second kappa shape index (κ2) is 8.05. The Hall–Kier alpha value is -4.18. The van der Waals surface area contributed by atoms with E-state index < -0.39 is 0 Å². The normalized spacial score (nSPS) is 10.5. The standard InChI is InChI=1S/C23H20N4O3/c1-28-20-10-15(11-21(29-2)22(20)30-3)19-12-17-18(7-8-25-23(17)27-19)26-16-6-4-5-14(9-16)13-24/h4-12H,1-3H3,(H2,25,26,27). The van der Waals surface area contributed by atoms with Crippen LogP contribution >= 0.6 is 0 Å². The lowest BCUT2D eigenvalue weighted by atomic mass is 10.1. The minimum Gasteiger partial charge on any atom is -0.493 e. The molecule has 0 spiro atoms. The molecule has 2 N–H and O–H groups in total. The topological polar surface area (TPSA) is 92.2 Å². The van der Waals surface area contributed by atoms with E-state index in [9.17, 15) is 0 Å². The van der Waals surface area contributed by atoms with E-state index in [-0.39, 0.29) is 0 Å².